The van der Waals surface area contributed by atoms with Crippen LogP contribution >= 0.6 is 0 Å². The predicted octanol–water partition coefficient (Wildman–Crippen LogP) is 35.1. The molecule has 0 aliphatic heterocycles. The number of rotatable bonds is 26. The SMILES string of the molecule is C=Cc1ccccc1N(c1ccc(/C(C(C)=O)=C(\C)OC)cc1)c1cccc2ccccc12.C=Cc1ccccc1N(c1cccc2ccccc12)c1ccc(/C(C(C)=O)=C(\C)OC)c2ccccc12.CO/C(C)=C(\C(C)=O)c1c(C)c(C)c(N(c2ccccc2)c2cccc3ccccc23)c(C)c1C.CO/C(C)=C(\C(C)=O)c1cccc2c(N(c3cccc4ccccc34)c3cccc4ccccc34)cccc12. The van der Waals surface area contributed by atoms with Crippen LogP contribution in [0.4, 0.5) is 68.2 Å². The van der Waals surface area contributed by atoms with Crippen molar-refractivity contribution in [2.45, 2.75) is 83.1 Å². The first kappa shape index (κ1) is 99.5. The topological polar surface area (TPSA) is 118 Å². The molecule has 144 heavy (non-hydrogen) atoms. The Morgan fingerprint density at radius 2 is 0.479 bits per heavy atom. The first-order valence-corrected chi connectivity index (χ1v) is 48.3. The number of hydrogen-bond acceptors (Lipinski definition) is 12. The quantitative estimate of drug-likeness (QED) is 0.0379. The van der Waals surface area contributed by atoms with Gasteiger partial charge in [-0.1, -0.05) is 335 Å². The van der Waals surface area contributed by atoms with Crippen LogP contribution in [0.25, 0.3) is 110 Å². The normalized spacial score (nSPS) is 11.8. The van der Waals surface area contributed by atoms with E-state index in [1.54, 1.807) is 56.1 Å². The molecule has 0 atom stereocenters. The lowest BCUT2D eigenvalue weighted by Crippen LogP contribution is -2.17. The van der Waals surface area contributed by atoms with E-state index >= 15 is 0 Å². The molecule has 0 unspecified atom stereocenters. The molecule has 19 aromatic rings. The number of carbonyl (C=O) groups excluding carboxylic acids is 4. The Bertz CT molecular complexity index is 8170. The van der Waals surface area contributed by atoms with Gasteiger partial charge in [0.05, 0.1) is 108 Å². The van der Waals surface area contributed by atoms with Crippen LogP contribution in [0.1, 0.15) is 111 Å². The maximum atomic E-state index is 12.8. The number of benzene rings is 19. The van der Waals surface area contributed by atoms with E-state index in [1.165, 1.54) is 43.1 Å². The van der Waals surface area contributed by atoms with Crippen molar-refractivity contribution in [1.82, 2.24) is 0 Å². The Labute approximate surface area is 845 Å². The minimum atomic E-state index is -0.0276. The first-order chi connectivity index (χ1) is 69.9. The van der Waals surface area contributed by atoms with Crippen molar-refractivity contribution < 1.29 is 38.1 Å². The Morgan fingerprint density at radius 3 is 0.868 bits per heavy atom. The summed E-state index contributed by atoms with van der Waals surface area (Å²) in [5.41, 5.74) is 25.3. The molecule has 0 radical (unpaired) electrons. The van der Waals surface area contributed by atoms with Crippen LogP contribution in [0, 0.1) is 27.7 Å². The summed E-state index contributed by atoms with van der Waals surface area (Å²) < 4.78 is 21.9. The minimum Gasteiger partial charge on any atom is -0.501 e. The zero-order valence-electron chi connectivity index (χ0n) is 84.6. The molecule has 0 amide bonds. The summed E-state index contributed by atoms with van der Waals surface area (Å²) in [5.74, 6) is 2.41. The van der Waals surface area contributed by atoms with E-state index in [1.807, 2.05) is 119 Å². The average Bonchev–Trinajstić information content (AvgIpc) is 0.746. The molecule has 714 valence electrons. The molecule has 19 rings (SSSR count). The molecule has 0 bridgehead atoms. The second-order valence-corrected chi connectivity index (χ2v) is 35.6. The molecule has 0 saturated heterocycles. The summed E-state index contributed by atoms with van der Waals surface area (Å²) in [6, 6.07) is 134. The zero-order valence-corrected chi connectivity index (χ0v) is 84.6. The monoisotopic (exact) mass is 1890 g/mol. The molecule has 12 heteroatoms. The summed E-state index contributed by atoms with van der Waals surface area (Å²) >= 11 is 0. The standard InChI is InChI=1S/C36H29NO2.C34H29NO2.C32H33NO2.C30H27NO2/c1-24(38)36(25(2)39-3)32-20-10-19-31-30(32)18-11-23-35(31)37(33-21-8-14-26-12-4-6-16-28(26)33)34-22-9-15-27-13-5-7-17-29(27)34;1-5-25-13-7-11-19-31(25)35(32-20-12-15-26-14-6-8-16-27(26)32)33-22-21-30(28-17-9-10-18-29(28)33)34(23(2)36)24(3)37-4;1-20-22(3)32(23(4)21(2)30(20)31(24(5)34)25(6)35-7)33(27-16-9-8-10-17-27)29-19-13-15-26-14-11-12-18-28(26)29;1-5-23-11-7-9-15-28(23)31(29-16-10-13-24-12-6-8-14-27(24)29)26-19-17-25(18-20-26)30(21(2)32)22(3)33-4/h4-23H,1-3H3;5-22H,1H2,2-4H3;8-19H,1-7H3;5-20H,1H2,2-4H3/b36-25+;34-24+;31-25+;30-22+. The van der Waals surface area contributed by atoms with Gasteiger partial charge in [0.25, 0.3) is 0 Å². The van der Waals surface area contributed by atoms with Gasteiger partial charge in [0, 0.05) is 49.1 Å². The van der Waals surface area contributed by atoms with Crippen molar-refractivity contribution in [3.8, 4) is 0 Å². The molecular formula is C132H118N4O8. The van der Waals surface area contributed by atoms with Crippen molar-refractivity contribution in [2.75, 3.05) is 48.0 Å². The van der Waals surface area contributed by atoms with E-state index in [4.69, 9.17) is 18.9 Å². The summed E-state index contributed by atoms with van der Waals surface area (Å²) in [6.45, 7) is 30.4. The number of allylic oxidation sites excluding steroid dienone is 8. The number of hydrogen-bond donors (Lipinski definition) is 0. The van der Waals surface area contributed by atoms with Gasteiger partial charge in [-0.05, 0) is 255 Å². The van der Waals surface area contributed by atoms with Crippen molar-refractivity contribution in [3.05, 3.63) is 480 Å². The van der Waals surface area contributed by atoms with Crippen LogP contribution in [0.15, 0.2) is 424 Å². The third-order valence-electron chi connectivity index (χ3n) is 27.2. The van der Waals surface area contributed by atoms with Crippen LogP contribution in [-0.2, 0) is 38.1 Å². The maximum Gasteiger partial charge on any atom is 0.163 e. The molecule has 0 spiro atoms. The highest BCUT2D eigenvalue weighted by Gasteiger charge is 2.31. The molecule has 0 fully saturated rings. The van der Waals surface area contributed by atoms with Crippen molar-refractivity contribution in [3.63, 3.8) is 0 Å². The average molecular weight is 1890 g/mol. The van der Waals surface area contributed by atoms with Crippen LogP contribution in [0.3, 0.4) is 0 Å². The molecule has 0 saturated carbocycles. The molecule has 12 nitrogen and oxygen atoms in total. The van der Waals surface area contributed by atoms with Crippen LogP contribution in [0.5, 0.6) is 0 Å². The van der Waals surface area contributed by atoms with Gasteiger partial charge in [0.15, 0.2) is 23.1 Å². The van der Waals surface area contributed by atoms with Crippen molar-refractivity contribution in [2.24, 2.45) is 0 Å². The van der Waals surface area contributed by atoms with Gasteiger partial charge in [-0.25, -0.2) is 0 Å². The first-order valence-electron chi connectivity index (χ1n) is 48.3. The Kier molecular flexibility index (Phi) is 30.9. The largest absolute Gasteiger partial charge is 0.501 e. The summed E-state index contributed by atoms with van der Waals surface area (Å²) in [6.07, 6.45) is 3.77. The molecule has 0 aromatic heterocycles. The van der Waals surface area contributed by atoms with E-state index in [2.05, 4.69) is 370 Å². The van der Waals surface area contributed by atoms with Crippen LogP contribution in [-0.4, -0.2) is 51.6 Å². The number of methoxy groups -OCH3 is 4. The third-order valence-corrected chi connectivity index (χ3v) is 27.2. The van der Waals surface area contributed by atoms with E-state index in [0.717, 1.165) is 156 Å². The summed E-state index contributed by atoms with van der Waals surface area (Å²) in [7, 11) is 6.41. The number of carbonyl (C=O) groups is 4. The molecule has 19 aromatic carbocycles. The van der Waals surface area contributed by atoms with E-state index in [-0.39, 0.29) is 23.1 Å². The fourth-order valence-corrected chi connectivity index (χ4v) is 20.0. The van der Waals surface area contributed by atoms with Crippen molar-refractivity contribution >= 4 is 201 Å². The number of para-hydroxylation sites is 3. The van der Waals surface area contributed by atoms with E-state index < -0.39 is 0 Å². The third kappa shape index (κ3) is 20.1. The lowest BCUT2D eigenvalue weighted by atomic mass is 9.85. The number of anilines is 12. The lowest BCUT2D eigenvalue weighted by Gasteiger charge is -2.32. The minimum absolute atomic E-state index is 0.0102. The van der Waals surface area contributed by atoms with Crippen LogP contribution < -0.4 is 19.6 Å². The fourth-order valence-electron chi connectivity index (χ4n) is 20.0. The van der Waals surface area contributed by atoms with Gasteiger partial charge in [0.2, 0.25) is 0 Å². The smallest absolute Gasteiger partial charge is 0.163 e. The molecule has 0 heterocycles. The second kappa shape index (κ2) is 44.8. The lowest BCUT2D eigenvalue weighted by molar-refractivity contribution is -0.112. The molecule has 0 aliphatic rings. The number of Topliss-reactive ketones (excluding diaryl/α,β-unsaturated/α-hetero) is 4. The molecule has 0 N–H and O–H groups in total. The van der Waals surface area contributed by atoms with Gasteiger partial charge in [0.1, 0.15) is 23.0 Å². The van der Waals surface area contributed by atoms with E-state index in [0.29, 0.717) is 45.3 Å². The van der Waals surface area contributed by atoms with E-state index in [9.17, 15) is 19.2 Å². The number of nitrogens with zero attached hydrogens (tertiary/aromatic N) is 4. The van der Waals surface area contributed by atoms with Gasteiger partial charge in [-0.15, -0.1) is 0 Å². The number of ether oxygens (including phenoxy) is 4. The molecular weight excluding hydrogens is 1770 g/mol. The number of ketones is 4. The second-order valence-electron chi connectivity index (χ2n) is 35.6. The van der Waals surface area contributed by atoms with Gasteiger partial charge >= 0.3 is 0 Å². The highest BCUT2D eigenvalue weighted by molar-refractivity contribution is 6.26. The highest BCUT2D eigenvalue weighted by Crippen LogP contribution is 2.51. The van der Waals surface area contributed by atoms with Crippen LogP contribution in [0.2, 0.25) is 0 Å². The Morgan fingerprint density at radius 1 is 0.222 bits per heavy atom. The van der Waals surface area contributed by atoms with Crippen molar-refractivity contribution in [1.29, 1.82) is 0 Å². The maximum absolute atomic E-state index is 12.8. The highest BCUT2D eigenvalue weighted by atomic mass is 16.5. The van der Waals surface area contributed by atoms with Gasteiger partial charge in [-0.3, -0.25) is 19.2 Å². The summed E-state index contributed by atoms with van der Waals surface area (Å²) in [5, 5.41) is 15.8. The fraction of sp³-hybridized carbons (Fsp3) is 0.121. The zero-order chi connectivity index (χ0) is 102. The molecule has 0 aliphatic carbocycles. The Hall–Kier alpha value is -17.5. The van der Waals surface area contributed by atoms with Gasteiger partial charge in [-0.2, -0.15) is 0 Å². The number of fused-ring (bicyclic) bond motifs is 7. The Balaban J connectivity index is 0.000000138. The summed E-state index contributed by atoms with van der Waals surface area (Å²) in [4.78, 5) is 59.8. The van der Waals surface area contributed by atoms with Gasteiger partial charge < -0.3 is 38.5 Å². The predicted molar refractivity (Wildman–Crippen MR) is 607 cm³/mol.